The van der Waals surface area contributed by atoms with Crippen LogP contribution in [0.15, 0.2) is 34.7 Å². The Morgan fingerprint density at radius 3 is 2.56 bits per heavy atom. The van der Waals surface area contributed by atoms with Gasteiger partial charge in [0.25, 0.3) is 0 Å². The van der Waals surface area contributed by atoms with Crippen molar-refractivity contribution in [3.05, 3.63) is 30.1 Å². The zero-order valence-corrected chi connectivity index (χ0v) is 9.16. The van der Waals surface area contributed by atoms with E-state index in [-0.39, 0.29) is 11.7 Å². The van der Waals surface area contributed by atoms with Crippen molar-refractivity contribution in [3.8, 4) is 0 Å². The summed E-state index contributed by atoms with van der Waals surface area (Å²) < 4.78 is 0. The largest absolute Gasteiger partial charge is 0.358 e. The van der Waals surface area contributed by atoms with Crippen molar-refractivity contribution in [2.24, 2.45) is 10.2 Å². The van der Waals surface area contributed by atoms with Crippen molar-refractivity contribution in [2.75, 3.05) is 14.1 Å². The van der Waals surface area contributed by atoms with Crippen molar-refractivity contribution in [3.63, 3.8) is 0 Å². The molecule has 1 aliphatic rings. The van der Waals surface area contributed by atoms with Gasteiger partial charge in [0.1, 0.15) is 0 Å². The Labute approximate surface area is 93.5 Å². The number of ketones is 1. The van der Waals surface area contributed by atoms with Crippen molar-refractivity contribution in [2.45, 2.75) is 5.92 Å². The summed E-state index contributed by atoms with van der Waals surface area (Å²) in [6, 6.07) is 3.63. The second-order valence-corrected chi connectivity index (χ2v) is 3.71. The van der Waals surface area contributed by atoms with Crippen LogP contribution in [0.5, 0.6) is 0 Å². The van der Waals surface area contributed by atoms with Crippen LogP contribution in [-0.4, -0.2) is 41.8 Å². The van der Waals surface area contributed by atoms with Crippen LogP contribution in [0.4, 0.5) is 0 Å². The molecule has 1 aliphatic heterocycles. The second-order valence-electron chi connectivity index (χ2n) is 3.71. The Hall–Kier alpha value is -2.04. The van der Waals surface area contributed by atoms with Gasteiger partial charge in [-0.2, -0.15) is 5.10 Å². The number of likely N-dealkylation sites (N-methyl/N-ethyl adjacent to an activating group) is 1. The van der Waals surface area contributed by atoms with E-state index in [1.165, 1.54) is 0 Å². The van der Waals surface area contributed by atoms with Gasteiger partial charge >= 0.3 is 0 Å². The minimum absolute atomic E-state index is 0.0359. The fourth-order valence-corrected chi connectivity index (χ4v) is 1.53. The van der Waals surface area contributed by atoms with Gasteiger partial charge in [0.15, 0.2) is 5.84 Å². The van der Waals surface area contributed by atoms with E-state index >= 15 is 0 Å². The number of pyridine rings is 1. The number of Topliss-reactive ketones (excluding diaryl/α,β-unsaturated/α-hetero) is 1. The van der Waals surface area contributed by atoms with E-state index in [4.69, 9.17) is 0 Å². The Morgan fingerprint density at radius 1 is 1.25 bits per heavy atom. The van der Waals surface area contributed by atoms with E-state index in [0.717, 1.165) is 5.56 Å². The van der Waals surface area contributed by atoms with Crippen molar-refractivity contribution >= 4 is 17.8 Å². The third-order valence-corrected chi connectivity index (χ3v) is 2.36. The number of carbonyl (C=O) groups is 1. The van der Waals surface area contributed by atoms with E-state index in [2.05, 4.69) is 15.2 Å². The molecule has 2 heterocycles. The topological polar surface area (TPSA) is 57.9 Å². The standard InChI is InChI=1S/C11H12N4O/c1-15(2)11-10(16)9(7-13-14-11)8-3-5-12-6-4-8/h3-7,9H,1-2H3. The molecule has 16 heavy (non-hydrogen) atoms. The molecule has 1 unspecified atom stereocenters. The number of aromatic nitrogens is 1. The zero-order valence-electron chi connectivity index (χ0n) is 9.16. The molecule has 82 valence electrons. The number of hydrogen-bond donors (Lipinski definition) is 0. The number of nitrogens with zero attached hydrogens (tertiary/aromatic N) is 4. The van der Waals surface area contributed by atoms with E-state index in [9.17, 15) is 4.79 Å². The molecule has 1 aromatic heterocycles. The van der Waals surface area contributed by atoms with Crippen LogP contribution in [0.25, 0.3) is 0 Å². The molecule has 0 spiro atoms. The van der Waals surface area contributed by atoms with Gasteiger partial charge in [-0.3, -0.25) is 9.78 Å². The lowest BCUT2D eigenvalue weighted by molar-refractivity contribution is -0.113. The third kappa shape index (κ3) is 1.84. The molecular formula is C11H12N4O. The summed E-state index contributed by atoms with van der Waals surface area (Å²) in [6.45, 7) is 0. The van der Waals surface area contributed by atoms with Gasteiger partial charge in [-0.05, 0) is 17.7 Å². The van der Waals surface area contributed by atoms with Gasteiger partial charge < -0.3 is 4.90 Å². The fraction of sp³-hybridized carbons (Fsp3) is 0.273. The highest BCUT2D eigenvalue weighted by molar-refractivity contribution is 6.44. The summed E-state index contributed by atoms with van der Waals surface area (Å²) >= 11 is 0. The molecule has 1 atom stereocenters. The Morgan fingerprint density at radius 2 is 1.94 bits per heavy atom. The van der Waals surface area contributed by atoms with E-state index in [1.807, 2.05) is 12.1 Å². The first kappa shape index (κ1) is 10.5. The predicted octanol–water partition coefficient (Wildman–Crippen LogP) is 0.694. The summed E-state index contributed by atoms with van der Waals surface area (Å²) in [7, 11) is 3.56. The average Bonchev–Trinajstić information content (AvgIpc) is 2.30. The first-order valence-electron chi connectivity index (χ1n) is 4.93. The van der Waals surface area contributed by atoms with E-state index < -0.39 is 0 Å². The van der Waals surface area contributed by atoms with E-state index in [1.54, 1.807) is 37.6 Å². The number of hydrogen-bond acceptors (Lipinski definition) is 5. The SMILES string of the molecule is CN(C)C1=NN=CC(c2ccncc2)C1=O. The number of amidine groups is 1. The smallest absolute Gasteiger partial charge is 0.212 e. The quantitative estimate of drug-likeness (QED) is 0.694. The van der Waals surface area contributed by atoms with Crippen LogP contribution < -0.4 is 0 Å². The van der Waals surface area contributed by atoms with Crippen LogP contribution in [-0.2, 0) is 4.79 Å². The summed E-state index contributed by atoms with van der Waals surface area (Å²) in [5, 5.41) is 7.70. The molecule has 0 N–H and O–H groups in total. The molecule has 0 aliphatic carbocycles. The van der Waals surface area contributed by atoms with Gasteiger partial charge in [0.2, 0.25) is 5.78 Å². The van der Waals surface area contributed by atoms with Crippen LogP contribution in [0.1, 0.15) is 11.5 Å². The summed E-state index contributed by atoms with van der Waals surface area (Å²) in [6.07, 6.45) is 4.89. The normalized spacial score (nSPS) is 19.5. The molecule has 1 aromatic rings. The highest BCUT2D eigenvalue weighted by atomic mass is 16.1. The zero-order chi connectivity index (χ0) is 11.5. The van der Waals surface area contributed by atoms with Crippen molar-refractivity contribution in [1.82, 2.24) is 9.88 Å². The van der Waals surface area contributed by atoms with Crippen molar-refractivity contribution in [1.29, 1.82) is 0 Å². The maximum atomic E-state index is 12.1. The van der Waals surface area contributed by atoms with Gasteiger partial charge in [-0.15, -0.1) is 5.10 Å². The maximum Gasteiger partial charge on any atom is 0.212 e. The lowest BCUT2D eigenvalue weighted by Crippen LogP contribution is -2.36. The molecular weight excluding hydrogens is 204 g/mol. The molecule has 0 amide bonds. The van der Waals surface area contributed by atoms with Gasteiger partial charge in [-0.1, -0.05) is 0 Å². The molecule has 0 fully saturated rings. The fourth-order valence-electron chi connectivity index (χ4n) is 1.53. The van der Waals surface area contributed by atoms with Gasteiger partial charge in [0.05, 0.1) is 5.92 Å². The van der Waals surface area contributed by atoms with Crippen LogP contribution in [0.2, 0.25) is 0 Å². The molecule has 0 aromatic carbocycles. The summed E-state index contributed by atoms with van der Waals surface area (Å²) in [5.41, 5.74) is 0.887. The average molecular weight is 216 g/mol. The minimum Gasteiger partial charge on any atom is -0.358 e. The third-order valence-electron chi connectivity index (χ3n) is 2.36. The molecule has 5 nitrogen and oxygen atoms in total. The lowest BCUT2D eigenvalue weighted by Gasteiger charge is -2.19. The molecule has 2 rings (SSSR count). The number of rotatable bonds is 1. The first-order chi connectivity index (χ1) is 7.70. The highest BCUT2D eigenvalue weighted by Crippen LogP contribution is 2.17. The molecule has 0 bridgehead atoms. The predicted molar refractivity (Wildman–Crippen MR) is 61.6 cm³/mol. The molecule has 0 saturated carbocycles. The van der Waals surface area contributed by atoms with Crippen LogP contribution in [0, 0.1) is 0 Å². The first-order valence-corrected chi connectivity index (χ1v) is 4.93. The maximum absolute atomic E-state index is 12.1. The Kier molecular flexibility index (Phi) is 2.76. The van der Waals surface area contributed by atoms with Gasteiger partial charge in [0, 0.05) is 32.7 Å². The summed E-state index contributed by atoms with van der Waals surface area (Å²) in [5.74, 6) is -0.00610. The number of carbonyl (C=O) groups excluding carboxylic acids is 1. The monoisotopic (exact) mass is 216 g/mol. The van der Waals surface area contributed by atoms with Crippen LogP contribution >= 0.6 is 0 Å². The van der Waals surface area contributed by atoms with E-state index in [0.29, 0.717) is 5.84 Å². The van der Waals surface area contributed by atoms with Gasteiger partial charge in [-0.25, -0.2) is 0 Å². The second kappa shape index (κ2) is 4.22. The Bertz CT molecular complexity index is 450. The molecule has 0 saturated heterocycles. The molecule has 5 heteroatoms. The molecule has 0 radical (unpaired) electrons. The minimum atomic E-state index is -0.349. The van der Waals surface area contributed by atoms with Crippen molar-refractivity contribution < 1.29 is 4.79 Å². The Balaban J connectivity index is 2.31. The highest BCUT2D eigenvalue weighted by Gasteiger charge is 2.27. The summed E-state index contributed by atoms with van der Waals surface area (Å²) in [4.78, 5) is 17.7. The van der Waals surface area contributed by atoms with Crippen LogP contribution in [0.3, 0.4) is 0 Å². The lowest BCUT2D eigenvalue weighted by atomic mass is 9.95.